The van der Waals surface area contributed by atoms with Crippen molar-refractivity contribution in [2.24, 2.45) is 0 Å². The van der Waals surface area contributed by atoms with Crippen LogP contribution in [0.15, 0.2) is 53.2 Å². The minimum atomic E-state index is -0.263. The van der Waals surface area contributed by atoms with Crippen molar-refractivity contribution in [2.75, 3.05) is 13.2 Å². The molecule has 0 unspecified atom stereocenters. The molecule has 2 aromatic carbocycles. The van der Waals surface area contributed by atoms with E-state index in [0.29, 0.717) is 25.3 Å². The number of rotatable bonds is 7. The predicted octanol–water partition coefficient (Wildman–Crippen LogP) is 5.04. The van der Waals surface area contributed by atoms with E-state index in [1.807, 2.05) is 32.9 Å². The number of nitrogens with one attached hydrogen (secondary N) is 1. The van der Waals surface area contributed by atoms with Gasteiger partial charge in [0.15, 0.2) is 0 Å². The molecule has 28 heavy (non-hydrogen) atoms. The standard InChI is InChI=1S/C23H24FNO3/c1-4-27-21-13-22-20(16(3)14-28-22)12-19(21)15(2)11-23(26)25-10-9-17-5-7-18(24)8-6-17/h5-8,11-14H,4,9-10H2,1-3H3,(H,25,26)/b15-11+. The lowest BCUT2D eigenvalue weighted by atomic mass is 10.0. The SMILES string of the molecule is CCOc1cc2occ(C)c2cc1/C(C)=C/C(=O)NCCc1ccc(F)cc1. The first-order valence-corrected chi connectivity index (χ1v) is 9.33. The van der Waals surface area contributed by atoms with Crippen LogP contribution in [0.3, 0.4) is 0 Å². The Morgan fingerprint density at radius 2 is 2.00 bits per heavy atom. The van der Waals surface area contributed by atoms with E-state index in [-0.39, 0.29) is 11.7 Å². The van der Waals surface area contributed by atoms with Gasteiger partial charge in [0.1, 0.15) is 17.1 Å². The first-order chi connectivity index (χ1) is 13.5. The van der Waals surface area contributed by atoms with Crippen molar-refractivity contribution in [1.82, 2.24) is 5.32 Å². The highest BCUT2D eigenvalue weighted by atomic mass is 19.1. The van der Waals surface area contributed by atoms with Gasteiger partial charge >= 0.3 is 0 Å². The van der Waals surface area contributed by atoms with Gasteiger partial charge in [-0.1, -0.05) is 12.1 Å². The van der Waals surface area contributed by atoms with Crippen molar-refractivity contribution < 1.29 is 18.3 Å². The molecule has 5 heteroatoms. The monoisotopic (exact) mass is 381 g/mol. The Hall–Kier alpha value is -3.08. The fraction of sp³-hybridized carbons (Fsp3) is 0.261. The number of benzene rings is 2. The van der Waals surface area contributed by atoms with Crippen LogP contribution in [0.1, 0.15) is 30.5 Å². The molecule has 1 heterocycles. The molecule has 1 aromatic heterocycles. The number of fused-ring (bicyclic) bond motifs is 1. The second-order valence-corrected chi connectivity index (χ2v) is 6.69. The average Bonchev–Trinajstić information content (AvgIpc) is 3.03. The maximum absolute atomic E-state index is 12.9. The number of halogens is 1. The predicted molar refractivity (Wildman–Crippen MR) is 109 cm³/mol. The van der Waals surface area contributed by atoms with Crippen LogP contribution in [0.25, 0.3) is 16.5 Å². The molecular weight excluding hydrogens is 357 g/mol. The van der Waals surface area contributed by atoms with Crippen LogP contribution in [0.2, 0.25) is 0 Å². The topological polar surface area (TPSA) is 51.5 Å². The molecule has 146 valence electrons. The molecule has 0 saturated heterocycles. The number of allylic oxidation sites excluding steroid dienone is 1. The summed E-state index contributed by atoms with van der Waals surface area (Å²) in [5.74, 6) is 0.254. The number of amides is 1. The Balaban J connectivity index is 1.72. The molecule has 3 rings (SSSR count). The van der Waals surface area contributed by atoms with Crippen molar-refractivity contribution >= 4 is 22.4 Å². The zero-order valence-corrected chi connectivity index (χ0v) is 16.3. The quantitative estimate of drug-likeness (QED) is 0.583. The molecule has 0 spiro atoms. The first kappa shape index (κ1) is 19.7. The fourth-order valence-electron chi connectivity index (χ4n) is 3.07. The largest absolute Gasteiger partial charge is 0.493 e. The Bertz CT molecular complexity index is 1000. The van der Waals surface area contributed by atoms with Crippen LogP contribution in [0.5, 0.6) is 5.75 Å². The summed E-state index contributed by atoms with van der Waals surface area (Å²) in [4.78, 5) is 12.3. The van der Waals surface area contributed by atoms with E-state index in [2.05, 4.69) is 5.32 Å². The van der Waals surface area contributed by atoms with E-state index < -0.39 is 0 Å². The van der Waals surface area contributed by atoms with Crippen molar-refractivity contribution in [3.05, 3.63) is 71.2 Å². The summed E-state index contributed by atoms with van der Waals surface area (Å²) in [6, 6.07) is 10.1. The van der Waals surface area contributed by atoms with Gasteiger partial charge in [-0.2, -0.15) is 0 Å². The van der Waals surface area contributed by atoms with Crippen LogP contribution >= 0.6 is 0 Å². The number of carbonyl (C=O) groups excluding carboxylic acids is 1. The summed E-state index contributed by atoms with van der Waals surface area (Å²) < 4.78 is 24.2. The smallest absolute Gasteiger partial charge is 0.244 e. The summed E-state index contributed by atoms with van der Waals surface area (Å²) >= 11 is 0. The van der Waals surface area contributed by atoms with Crippen molar-refractivity contribution in [3.63, 3.8) is 0 Å². The first-order valence-electron chi connectivity index (χ1n) is 9.33. The number of hydrogen-bond donors (Lipinski definition) is 1. The Labute approximate surface area is 164 Å². The molecule has 0 atom stereocenters. The van der Waals surface area contributed by atoms with E-state index in [4.69, 9.17) is 9.15 Å². The summed E-state index contributed by atoms with van der Waals surface area (Å²) in [7, 11) is 0. The molecule has 3 aromatic rings. The van der Waals surface area contributed by atoms with E-state index in [0.717, 1.165) is 33.2 Å². The van der Waals surface area contributed by atoms with Gasteiger partial charge in [0.25, 0.3) is 0 Å². The second-order valence-electron chi connectivity index (χ2n) is 6.69. The van der Waals surface area contributed by atoms with Crippen molar-refractivity contribution in [1.29, 1.82) is 0 Å². The van der Waals surface area contributed by atoms with Gasteiger partial charge in [0.2, 0.25) is 5.91 Å². The Kier molecular flexibility index (Phi) is 6.14. The minimum Gasteiger partial charge on any atom is -0.493 e. The van der Waals surface area contributed by atoms with Gasteiger partial charge in [0.05, 0.1) is 12.9 Å². The van der Waals surface area contributed by atoms with Crippen LogP contribution in [0, 0.1) is 12.7 Å². The molecule has 1 amide bonds. The van der Waals surface area contributed by atoms with Crippen molar-refractivity contribution in [3.8, 4) is 5.75 Å². The van der Waals surface area contributed by atoms with Gasteiger partial charge in [-0.3, -0.25) is 4.79 Å². The maximum atomic E-state index is 12.9. The zero-order chi connectivity index (χ0) is 20.1. The highest BCUT2D eigenvalue weighted by Gasteiger charge is 2.12. The van der Waals surface area contributed by atoms with Gasteiger partial charge in [0, 0.05) is 29.6 Å². The molecule has 0 saturated carbocycles. The number of furan rings is 1. The maximum Gasteiger partial charge on any atom is 0.244 e. The van der Waals surface area contributed by atoms with Gasteiger partial charge in [-0.15, -0.1) is 0 Å². The van der Waals surface area contributed by atoms with Crippen molar-refractivity contribution in [2.45, 2.75) is 27.2 Å². The highest BCUT2D eigenvalue weighted by molar-refractivity contribution is 5.97. The van der Waals surface area contributed by atoms with Crippen LogP contribution in [-0.4, -0.2) is 19.1 Å². The normalized spacial score (nSPS) is 11.6. The Morgan fingerprint density at radius 1 is 1.25 bits per heavy atom. The third-order valence-electron chi connectivity index (χ3n) is 4.57. The summed E-state index contributed by atoms with van der Waals surface area (Å²) in [5.41, 5.74) is 4.46. The molecule has 0 bridgehead atoms. The van der Waals surface area contributed by atoms with E-state index in [1.54, 1.807) is 24.5 Å². The molecule has 0 aliphatic carbocycles. The number of carbonyl (C=O) groups is 1. The van der Waals surface area contributed by atoms with Gasteiger partial charge in [-0.05, 0) is 62.1 Å². The molecule has 0 radical (unpaired) electrons. The van der Waals surface area contributed by atoms with E-state index in [1.165, 1.54) is 12.1 Å². The molecule has 0 aliphatic rings. The third kappa shape index (κ3) is 4.60. The van der Waals surface area contributed by atoms with Crippen LogP contribution < -0.4 is 10.1 Å². The molecular formula is C23H24FNO3. The van der Waals surface area contributed by atoms with Gasteiger partial charge in [-0.25, -0.2) is 4.39 Å². The average molecular weight is 381 g/mol. The number of ether oxygens (including phenoxy) is 1. The fourth-order valence-corrected chi connectivity index (χ4v) is 3.07. The highest BCUT2D eigenvalue weighted by Crippen LogP contribution is 2.33. The molecule has 0 aliphatic heterocycles. The summed E-state index contributed by atoms with van der Waals surface area (Å²) in [6.45, 7) is 6.79. The van der Waals surface area contributed by atoms with E-state index >= 15 is 0 Å². The molecule has 4 nitrogen and oxygen atoms in total. The minimum absolute atomic E-state index is 0.175. The van der Waals surface area contributed by atoms with E-state index in [9.17, 15) is 9.18 Å². The number of aryl methyl sites for hydroxylation is 1. The second kappa shape index (κ2) is 8.74. The van der Waals surface area contributed by atoms with Crippen LogP contribution in [0.4, 0.5) is 4.39 Å². The lowest BCUT2D eigenvalue weighted by Gasteiger charge is -2.11. The number of hydrogen-bond acceptors (Lipinski definition) is 3. The zero-order valence-electron chi connectivity index (χ0n) is 16.3. The molecule has 1 N–H and O–H groups in total. The van der Waals surface area contributed by atoms with Crippen LogP contribution in [-0.2, 0) is 11.2 Å². The lowest BCUT2D eigenvalue weighted by molar-refractivity contribution is -0.116. The summed E-state index contributed by atoms with van der Waals surface area (Å²) in [6.07, 6.45) is 3.93. The molecule has 0 fully saturated rings. The van der Waals surface area contributed by atoms with Gasteiger partial charge < -0.3 is 14.5 Å². The summed E-state index contributed by atoms with van der Waals surface area (Å²) in [5, 5.41) is 3.88. The Morgan fingerprint density at radius 3 is 2.71 bits per heavy atom. The lowest BCUT2D eigenvalue weighted by Crippen LogP contribution is -2.23. The third-order valence-corrected chi connectivity index (χ3v) is 4.57.